The second kappa shape index (κ2) is 7.61. The number of benzene rings is 1. The van der Waals surface area contributed by atoms with Crippen LogP contribution in [-0.4, -0.2) is 43.8 Å². The number of carbonyl (C=O) groups excluding carboxylic acids is 1. The summed E-state index contributed by atoms with van der Waals surface area (Å²) in [6.45, 7) is 4.53. The minimum absolute atomic E-state index is 0. The van der Waals surface area contributed by atoms with Gasteiger partial charge in [-0.1, -0.05) is 6.42 Å². The lowest BCUT2D eigenvalue weighted by atomic mass is 10.00. The highest BCUT2D eigenvalue weighted by Crippen LogP contribution is 2.33. The Morgan fingerprint density at radius 2 is 2.00 bits per heavy atom. The molecule has 8 heteroatoms. The molecule has 0 bridgehead atoms. The molecule has 0 aliphatic carbocycles. The average molecular weight is 388 g/mol. The van der Waals surface area contributed by atoms with Gasteiger partial charge in [-0.25, -0.2) is 8.42 Å². The molecule has 1 aromatic rings. The third-order valence-electron chi connectivity index (χ3n) is 5.04. The van der Waals surface area contributed by atoms with E-state index in [1.54, 1.807) is 27.4 Å². The van der Waals surface area contributed by atoms with Crippen molar-refractivity contribution >= 4 is 34.0 Å². The summed E-state index contributed by atoms with van der Waals surface area (Å²) >= 11 is 0. The van der Waals surface area contributed by atoms with Crippen molar-refractivity contribution in [2.45, 2.75) is 56.5 Å². The molecule has 2 N–H and O–H groups in total. The minimum Gasteiger partial charge on any atom is -0.326 e. The van der Waals surface area contributed by atoms with Gasteiger partial charge >= 0.3 is 0 Å². The van der Waals surface area contributed by atoms with Crippen molar-refractivity contribution in [3.05, 3.63) is 23.8 Å². The zero-order valence-electron chi connectivity index (χ0n) is 14.6. The Hall–Kier alpha value is -1.15. The first-order chi connectivity index (χ1) is 11.3. The van der Waals surface area contributed by atoms with Crippen LogP contribution < -0.4 is 10.6 Å². The molecule has 0 spiro atoms. The van der Waals surface area contributed by atoms with Gasteiger partial charge in [0.05, 0.1) is 4.90 Å². The molecule has 0 saturated carbocycles. The van der Waals surface area contributed by atoms with Crippen molar-refractivity contribution in [3.8, 4) is 0 Å². The van der Waals surface area contributed by atoms with Crippen molar-refractivity contribution < 1.29 is 13.2 Å². The number of hydrogen-bond acceptors (Lipinski definition) is 4. The van der Waals surface area contributed by atoms with E-state index in [4.69, 9.17) is 5.73 Å². The maximum absolute atomic E-state index is 13.1. The number of carbonyl (C=O) groups is 1. The Morgan fingerprint density at radius 1 is 1.28 bits per heavy atom. The molecule has 2 atom stereocenters. The highest BCUT2D eigenvalue weighted by Gasteiger charge is 2.36. The largest absolute Gasteiger partial charge is 0.326 e. The van der Waals surface area contributed by atoms with Crippen molar-refractivity contribution in [3.63, 3.8) is 0 Å². The number of anilines is 1. The van der Waals surface area contributed by atoms with Gasteiger partial charge in [0.25, 0.3) is 0 Å². The standard InChI is InChI=1S/C17H25N3O3S.ClH/c1-12(18)16-5-3-4-9-20(16)24(22,23)15-6-7-17-14(11-15)8-10-19(17)13(2)21;/h6-7,11-12,16H,3-5,8-10,18H2,1-2H3;1H. The molecule has 3 rings (SSSR count). The zero-order valence-corrected chi connectivity index (χ0v) is 16.3. The summed E-state index contributed by atoms with van der Waals surface area (Å²) in [6.07, 6.45) is 3.37. The maximum Gasteiger partial charge on any atom is 0.243 e. The Balaban J connectivity index is 0.00000225. The fourth-order valence-electron chi connectivity index (χ4n) is 3.76. The van der Waals surface area contributed by atoms with E-state index in [9.17, 15) is 13.2 Å². The smallest absolute Gasteiger partial charge is 0.243 e. The molecule has 2 aliphatic rings. The lowest BCUT2D eigenvalue weighted by molar-refractivity contribution is -0.116. The van der Waals surface area contributed by atoms with E-state index in [0.29, 0.717) is 24.4 Å². The zero-order chi connectivity index (χ0) is 17.5. The van der Waals surface area contributed by atoms with Crippen molar-refractivity contribution in [2.24, 2.45) is 5.73 Å². The van der Waals surface area contributed by atoms with Crippen molar-refractivity contribution in [2.75, 3.05) is 18.0 Å². The van der Waals surface area contributed by atoms with Gasteiger partial charge in [0.1, 0.15) is 0 Å². The van der Waals surface area contributed by atoms with Crippen LogP contribution in [0.4, 0.5) is 5.69 Å². The quantitative estimate of drug-likeness (QED) is 0.858. The summed E-state index contributed by atoms with van der Waals surface area (Å²) in [5.74, 6) is -0.0163. The van der Waals surface area contributed by atoms with E-state index in [2.05, 4.69) is 0 Å². The van der Waals surface area contributed by atoms with Gasteiger partial charge in [0.15, 0.2) is 0 Å². The van der Waals surface area contributed by atoms with Crippen LogP contribution in [-0.2, 0) is 21.2 Å². The molecule has 1 fully saturated rings. The SMILES string of the molecule is CC(=O)N1CCc2cc(S(=O)(=O)N3CCCCC3C(C)N)ccc21.Cl. The topological polar surface area (TPSA) is 83.7 Å². The molecule has 2 heterocycles. The van der Waals surface area contributed by atoms with E-state index in [1.165, 1.54) is 6.92 Å². The van der Waals surface area contributed by atoms with Gasteiger partial charge in [0, 0.05) is 37.8 Å². The molecular formula is C17H26ClN3O3S. The van der Waals surface area contributed by atoms with Crippen LogP contribution >= 0.6 is 12.4 Å². The summed E-state index contributed by atoms with van der Waals surface area (Å²) in [6, 6.07) is 4.75. The highest BCUT2D eigenvalue weighted by molar-refractivity contribution is 7.89. The van der Waals surface area contributed by atoms with E-state index >= 15 is 0 Å². The van der Waals surface area contributed by atoms with Gasteiger partial charge in [-0.2, -0.15) is 4.31 Å². The molecule has 2 aliphatic heterocycles. The van der Waals surface area contributed by atoms with Gasteiger partial charge in [-0.05, 0) is 49.9 Å². The Kier molecular flexibility index (Phi) is 6.14. The van der Waals surface area contributed by atoms with E-state index in [0.717, 1.165) is 30.5 Å². The summed E-state index contributed by atoms with van der Waals surface area (Å²) in [4.78, 5) is 13.6. The van der Waals surface area contributed by atoms with Crippen LogP contribution in [0.25, 0.3) is 0 Å². The van der Waals surface area contributed by atoms with E-state index < -0.39 is 10.0 Å². The number of fused-ring (bicyclic) bond motifs is 1. The lowest BCUT2D eigenvalue weighted by Gasteiger charge is -2.37. The summed E-state index contributed by atoms with van der Waals surface area (Å²) in [5.41, 5.74) is 7.76. The van der Waals surface area contributed by atoms with E-state index in [1.807, 2.05) is 6.92 Å². The monoisotopic (exact) mass is 387 g/mol. The molecule has 140 valence electrons. The maximum atomic E-state index is 13.1. The van der Waals surface area contributed by atoms with E-state index in [-0.39, 0.29) is 30.4 Å². The fraction of sp³-hybridized carbons (Fsp3) is 0.588. The normalized spacial score (nSPS) is 22.2. The van der Waals surface area contributed by atoms with Crippen LogP contribution in [0.15, 0.2) is 23.1 Å². The second-order valence-corrected chi connectivity index (χ2v) is 8.64. The number of nitrogens with zero attached hydrogens (tertiary/aromatic N) is 2. The van der Waals surface area contributed by atoms with Crippen LogP contribution in [0.2, 0.25) is 0 Å². The first kappa shape index (κ1) is 20.2. The van der Waals surface area contributed by atoms with Gasteiger partial charge in [-0.15, -0.1) is 12.4 Å². The summed E-state index contributed by atoms with van der Waals surface area (Å²) in [5, 5.41) is 0. The molecule has 1 aromatic carbocycles. The van der Waals surface area contributed by atoms with Gasteiger partial charge in [-0.3, -0.25) is 4.79 Å². The molecular weight excluding hydrogens is 362 g/mol. The molecule has 6 nitrogen and oxygen atoms in total. The number of piperidine rings is 1. The van der Waals surface area contributed by atoms with Crippen LogP contribution in [0.1, 0.15) is 38.7 Å². The van der Waals surface area contributed by atoms with Crippen molar-refractivity contribution in [1.29, 1.82) is 0 Å². The molecule has 25 heavy (non-hydrogen) atoms. The third-order valence-corrected chi connectivity index (χ3v) is 6.96. The summed E-state index contributed by atoms with van der Waals surface area (Å²) in [7, 11) is -3.57. The first-order valence-corrected chi connectivity index (χ1v) is 9.95. The Bertz CT molecular complexity index is 752. The number of rotatable bonds is 3. The Labute approximate surface area is 155 Å². The van der Waals surface area contributed by atoms with Crippen LogP contribution in [0.5, 0.6) is 0 Å². The minimum atomic E-state index is -3.57. The number of halogens is 1. The number of nitrogens with two attached hydrogens (primary N) is 1. The van der Waals surface area contributed by atoms with Crippen molar-refractivity contribution in [1.82, 2.24) is 4.31 Å². The predicted octanol–water partition coefficient (Wildman–Crippen LogP) is 1.91. The predicted molar refractivity (Wildman–Crippen MR) is 101 cm³/mol. The molecule has 1 saturated heterocycles. The highest BCUT2D eigenvalue weighted by atomic mass is 35.5. The van der Waals surface area contributed by atoms with Gasteiger partial charge < -0.3 is 10.6 Å². The number of hydrogen-bond donors (Lipinski definition) is 1. The molecule has 1 amide bonds. The number of sulfonamides is 1. The van der Waals surface area contributed by atoms with Crippen LogP contribution in [0.3, 0.4) is 0 Å². The van der Waals surface area contributed by atoms with Crippen LogP contribution in [0, 0.1) is 0 Å². The first-order valence-electron chi connectivity index (χ1n) is 8.51. The lowest BCUT2D eigenvalue weighted by Crippen LogP contribution is -2.51. The molecule has 0 aromatic heterocycles. The fourth-order valence-corrected chi connectivity index (χ4v) is 5.58. The third kappa shape index (κ3) is 3.69. The summed E-state index contributed by atoms with van der Waals surface area (Å²) < 4.78 is 27.8. The number of amides is 1. The van der Waals surface area contributed by atoms with Gasteiger partial charge in [0.2, 0.25) is 15.9 Å². The second-order valence-electron chi connectivity index (χ2n) is 6.75. The molecule has 0 radical (unpaired) electrons. The molecule has 2 unspecified atom stereocenters. The Morgan fingerprint density at radius 3 is 2.64 bits per heavy atom. The average Bonchev–Trinajstić information content (AvgIpc) is 2.98.